The molecule has 0 rings (SSSR count). The Labute approximate surface area is 72.5 Å². The number of likely N-dealkylation sites (N-methyl/N-ethyl adjacent to an activating group) is 1. The number of hydrogen-bond donors (Lipinski definition) is 1. The molecule has 4 heteroatoms. The Morgan fingerprint density at radius 3 is 2.83 bits per heavy atom. The van der Waals surface area contributed by atoms with E-state index in [-0.39, 0.29) is 5.97 Å². The number of esters is 1. The summed E-state index contributed by atoms with van der Waals surface area (Å²) in [6.07, 6.45) is 1.63. The first kappa shape index (κ1) is 11.1. The molecule has 0 radical (unpaired) electrons. The van der Waals surface area contributed by atoms with Crippen molar-refractivity contribution < 1.29 is 14.3 Å². The van der Waals surface area contributed by atoms with E-state index >= 15 is 0 Å². The molecule has 4 nitrogen and oxygen atoms in total. The maximum Gasteiger partial charge on any atom is 0.325 e. The van der Waals surface area contributed by atoms with Gasteiger partial charge in [-0.3, -0.25) is 4.79 Å². The summed E-state index contributed by atoms with van der Waals surface area (Å²) in [6.45, 7) is 4.23. The minimum atomic E-state index is -0.394. The molecule has 12 heavy (non-hydrogen) atoms. The average molecular weight is 173 g/mol. The Bertz CT molecular complexity index is 147. The number of ether oxygens (including phenoxy) is 2. The zero-order valence-corrected chi connectivity index (χ0v) is 7.50. The van der Waals surface area contributed by atoms with Crippen LogP contribution < -0.4 is 5.32 Å². The van der Waals surface area contributed by atoms with Gasteiger partial charge in [-0.05, 0) is 7.05 Å². The summed E-state index contributed by atoms with van der Waals surface area (Å²) < 4.78 is 9.60. The van der Waals surface area contributed by atoms with E-state index in [1.165, 1.54) is 7.11 Å². The van der Waals surface area contributed by atoms with E-state index < -0.39 is 6.04 Å². The summed E-state index contributed by atoms with van der Waals surface area (Å²) in [5, 5.41) is 2.78. The van der Waals surface area contributed by atoms with Crippen molar-refractivity contribution in [1.82, 2.24) is 5.32 Å². The van der Waals surface area contributed by atoms with Crippen LogP contribution in [-0.2, 0) is 14.3 Å². The molecule has 0 aromatic rings. The topological polar surface area (TPSA) is 47.6 Å². The van der Waals surface area contributed by atoms with Crippen molar-refractivity contribution in [3.05, 3.63) is 12.7 Å². The molecule has 0 amide bonds. The Balaban J connectivity index is 3.66. The van der Waals surface area contributed by atoms with E-state index in [1.807, 2.05) is 0 Å². The fourth-order valence-electron chi connectivity index (χ4n) is 0.681. The molecule has 0 saturated heterocycles. The van der Waals surface area contributed by atoms with E-state index in [2.05, 4.69) is 16.6 Å². The summed E-state index contributed by atoms with van der Waals surface area (Å²) in [6, 6.07) is -0.394. The van der Waals surface area contributed by atoms with Crippen LogP contribution in [0.4, 0.5) is 0 Å². The number of nitrogens with one attached hydrogen (secondary N) is 1. The lowest BCUT2D eigenvalue weighted by molar-refractivity contribution is -0.144. The van der Waals surface area contributed by atoms with Gasteiger partial charge in [0.1, 0.15) is 6.04 Å². The molecule has 0 aromatic heterocycles. The number of carbonyl (C=O) groups is 1. The summed E-state index contributed by atoms with van der Waals surface area (Å²) in [5.41, 5.74) is 0. The molecule has 0 saturated carbocycles. The highest BCUT2D eigenvalue weighted by Gasteiger charge is 2.15. The highest BCUT2D eigenvalue weighted by atomic mass is 16.5. The van der Waals surface area contributed by atoms with Gasteiger partial charge in [0.05, 0.1) is 20.3 Å². The van der Waals surface area contributed by atoms with E-state index in [4.69, 9.17) is 4.74 Å². The lowest BCUT2D eigenvalue weighted by Crippen LogP contribution is -2.39. The van der Waals surface area contributed by atoms with Crippen LogP contribution in [0.2, 0.25) is 0 Å². The van der Waals surface area contributed by atoms with Gasteiger partial charge in [0.15, 0.2) is 0 Å². The van der Waals surface area contributed by atoms with Gasteiger partial charge in [0.25, 0.3) is 0 Å². The first-order valence-corrected chi connectivity index (χ1v) is 3.70. The van der Waals surface area contributed by atoms with Crippen LogP contribution in [0.3, 0.4) is 0 Å². The van der Waals surface area contributed by atoms with Gasteiger partial charge in [-0.2, -0.15) is 0 Å². The summed E-state index contributed by atoms with van der Waals surface area (Å²) in [7, 11) is 3.03. The van der Waals surface area contributed by atoms with Crippen LogP contribution in [0.15, 0.2) is 12.7 Å². The smallest absolute Gasteiger partial charge is 0.325 e. The minimum absolute atomic E-state index is 0.301. The molecule has 1 atom stereocenters. The Morgan fingerprint density at radius 2 is 2.42 bits per heavy atom. The molecular formula is C8H15NO3. The molecule has 0 aromatic carbocycles. The monoisotopic (exact) mass is 173 g/mol. The van der Waals surface area contributed by atoms with E-state index in [0.29, 0.717) is 13.2 Å². The number of hydrogen-bond acceptors (Lipinski definition) is 4. The van der Waals surface area contributed by atoms with Crippen LogP contribution in [0, 0.1) is 0 Å². The predicted octanol–water partition coefficient (Wildman–Crippen LogP) is -0.0500. The van der Waals surface area contributed by atoms with Crippen molar-refractivity contribution in [1.29, 1.82) is 0 Å². The lowest BCUT2D eigenvalue weighted by Gasteiger charge is -2.12. The summed E-state index contributed by atoms with van der Waals surface area (Å²) in [5.74, 6) is -0.318. The lowest BCUT2D eigenvalue weighted by atomic mass is 10.3. The second-order valence-corrected chi connectivity index (χ2v) is 2.19. The van der Waals surface area contributed by atoms with Crippen molar-refractivity contribution in [2.45, 2.75) is 6.04 Å². The van der Waals surface area contributed by atoms with Crippen molar-refractivity contribution >= 4 is 5.97 Å². The molecule has 0 fully saturated rings. The Kier molecular flexibility index (Phi) is 6.32. The first-order valence-electron chi connectivity index (χ1n) is 3.70. The molecular weight excluding hydrogens is 158 g/mol. The van der Waals surface area contributed by atoms with Gasteiger partial charge in [-0.1, -0.05) is 6.08 Å². The molecule has 0 aliphatic rings. The van der Waals surface area contributed by atoms with Crippen LogP contribution in [0.1, 0.15) is 0 Å². The molecule has 0 spiro atoms. The largest absolute Gasteiger partial charge is 0.468 e. The van der Waals surface area contributed by atoms with Crippen LogP contribution >= 0.6 is 0 Å². The summed E-state index contributed by atoms with van der Waals surface area (Å²) >= 11 is 0. The second kappa shape index (κ2) is 6.82. The van der Waals surface area contributed by atoms with Gasteiger partial charge in [-0.25, -0.2) is 0 Å². The van der Waals surface area contributed by atoms with Crippen molar-refractivity contribution in [3.8, 4) is 0 Å². The first-order chi connectivity index (χ1) is 5.76. The van der Waals surface area contributed by atoms with Crippen molar-refractivity contribution in [2.24, 2.45) is 0 Å². The van der Waals surface area contributed by atoms with Gasteiger partial charge in [-0.15, -0.1) is 6.58 Å². The Morgan fingerprint density at radius 1 is 1.75 bits per heavy atom. The van der Waals surface area contributed by atoms with Crippen molar-refractivity contribution in [2.75, 3.05) is 27.4 Å². The van der Waals surface area contributed by atoms with Gasteiger partial charge >= 0.3 is 5.97 Å². The number of methoxy groups -OCH3 is 1. The maximum absolute atomic E-state index is 10.9. The Hall–Kier alpha value is -0.870. The van der Waals surface area contributed by atoms with Crippen LogP contribution in [0.5, 0.6) is 0 Å². The summed E-state index contributed by atoms with van der Waals surface area (Å²) in [4.78, 5) is 10.9. The average Bonchev–Trinajstić information content (AvgIpc) is 2.11. The molecule has 1 N–H and O–H groups in total. The fraction of sp³-hybridized carbons (Fsp3) is 0.625. The molecule has 0 unspecified atom stereocenters. The number of carbonyl (C=O) groups excluding carboxylic acids is 1. The van der Waals surface area contributed by atoms with E-state index in [0.717, 1.165) is 0 Å². The van der Waals surface area contributed by atoms with E-state index in [1.54, 1.807) is 13.1 Å². The quantitative estimate of drug-likeness (QED) is 0.347. The van der Waals surface area contributed by atoms with Gasteiger partial charge in [0.2, 0.25) is 0 Å². The predicted molar refractivity (Wildman–Crippen MR) is 45.9 cm³/mol. The SMILES string of the molecule is C=CCOC[C@H](NC)C(=O)OC. The van der Waals surface area contributed by atoms with Crippen LogP contribution in [0.25, 0.3) is 0 Å². The highest BCUT2D eigenvalue weighted by molar-refractivity contribution is 5.75. The molecule has 0 bridgehead atoms. The van der Waals surface area contributed by atoms with E-state index in [9.17, 15) is 4.79 Å². The van der Waals surface area contributed by atoms with Crippen molar-refractivity contribution in [3.63, 3.8) is 0 Å². The van der Waals surface area contributed by atoms with Gasteiger partial charge in [0, 0.05) is 0 Å². The third-order valence-corrected chi connectivity index (χ3v) is 1.35. The molecule has 0 aliphatic heterocycles. The highest BCUT2D eigenvalue weighted by Crippen LogP contribution is 1.88. The fourth-order valence-corrected chi connectivity index (χ4v) is 0.681. The molecule has 70 valence electrons. The zero-order chi connectivity index (χ0) is 9.40. The normalized spacial score (nSPS) is 12.2. The zero-order valence-electron chi connectivity index (χ0n) is 7.50. The van der Waals surface area contributed by atoms with Crippen LogP contribution in [-0.4, -0.2) is 39.4 Å². The third-order valence-electron chi connectivity index (χ3n) is 1.35. The second-order valence-electron chi connectivity index (χ2n) is 2.19. The molecule has 0 aliphatic carbocycles. The third kappa shape index (κ3) is 4.10. The molecule has 0 heterocycles. The minimum Gasteiger partial charge on any atom is -0.468 e. The maximum atomic E-state index is 10.9. The van der Waals surface area contributed by atoms with Gasteiger partial charge < -0.3 is 14.8 Å². The standard InChI is InChI=1S/C8H15NO3/c1-4-5-12-6-7(9-2)8(10)11-3/h4,7,9H,1,5-6H2,2-3H3/t7-/m0/s1. The number of rotatable bonds is 6.